The maximum absolute atomic E-state index is 7.22. The normalized spacial score (nSPS) is 19.6. The van der Waals surface area contributed by atoms with Crippen LogP contribution in [0.4, 0.5) is 17.3 Å². The summed E-state index contributed by atoms with van der Waals surface area (Å²) in [5.74, 6) is 0.445. The predicted molar refractivity (Wildman–Crippen MR) is 204 cm³/mol. The van der Waals surface area contributed by atoms with Gasteiger partial charge in [0.1, 0.15) is 0 Å². The van der Waals surface area contributed by atoms with Crippen molar-refractivity contribution in [3.63, 3.8) is 0 Å². The van der Waals surface area contributed by atoms with E-state index in [-0.39, 0.29) is 16.8 Å². The molecule has 2 aliphatic heterocycles. The molecule has 3 aliphatic rings. The van der Waals surface area contributed by atoms with Gasteiger partial charge in [0.25, 0.3) is 5.95 Å². The standard InChI is InChI=1S/C40H50ClN8O/c1-39(2)30-16-7-9-18-32(30)48(25-12-24-42)34(39)22-20-28-14-11-15-29(36(28)41)21-23-35-40(3,4)31-17-8-10-19-33(31)49(35)26-13-27-50-38-45-43-37(44-46-38)47(5)6/h7-10,16-23H,11-15,24-27,42H2,1-6H3/q+1. The van der Waals surface area contributed by atoms with Gasteiger partial charge in [-0.1, -0.05) is 84.2 Å². The summed E-state index contributed by atoms with van der Waals surface area (Å²) in [5.41, 5.74) is 15.7. The molecule has 0 saturated carbocycles. The average molecular weight is 694 g/mol. The monoisotopic (exact) mass is 693 g/mol. The quantitative estimate of drug-likeness (QED) is 0.155. The molecule has 2 aromatic carbocycles. The first-order chi connectivity index (χ1) is 24.0. The van der Waals surface area contributed by atoms with Gasteiger partial charge < -0.3 is 20.3 Å². The highest BCUT2D eigenvalue weighted by Gasteiger charge is 2.44. The van der Waals surface area contributed by atoms with E-state index in [1.54, 1.807) is 4.90 Å². The summed E-state index contributed by atoms with van der Waals surface area (Å²) >= 11 is 7.22. The molecule has 1 aliphatic carbocycles. The number of benzene rings is 2. The van der Waals surface area contributed by atoms with E-state index >= 15 is 0 Å². The van der Waals surface area contributed by atoms with Gasteiger partial charge in [-0.05, 0) is 74.9 Å². The summed E-state index contributed by atoms with van der Waals surface area (Å²) in [6.45, 7) is 12.0. The number of para-hydroxylation sites is 2. The Hall–Kier alpha value is -4.34. The Morgan fingerprint density at radius 1 is 0.900 bits per heavy atom. The molecule has 1 aromatic heterocycles. The SMILES string of the molecule is CN(C)c1nnc(OCCC[N+]2=C(C=CC3=C(Cl)C(=CC=C4N(CCCN)c5ccccc5C4(C)C)CCC3)C(C)(C)c3ccccc32)nn1. The zero-order valence-corrected chi connectivity index (χ0v) is 31.0. The van der Waals surface area contributed by atoms with Crippen LogP contribution in [0.2, 0.25) is 0 Å². The van der Waals surface area contributed by atoms with Crippen molar-refractivity contribution in [2.75, 3.05) is 50.1 Å². The number of rotatable bonds is 12. The highest BCUT2D eigenvalue weighted by atomic mass is 35.5. The number of hydrogen-bond acceptors (Lipinski definition) is 8. The minimum absolute atomic E-state index is 0.110. The number of anilines is 2. The van der Waals surface area contributed by atoms with Gasteiger partial charge in [-0.25, -0.2) is 0 Å². The minimum Gasteiger partial charge on any atom is -0.461 e. The lowest BCUT2D eigenvalue weighted by Crippen LogP contribution is -2.28. The molecular weight excluding hydrogens is 644 g/mol. The fourth-order valence-corrected chi connectivity index (χ4v) is 7.73. The lowest BCUT2D eigenvalue weighted by Gasteiger charge is -2.27. The second kappa shape index (κ2) is 14.9. The Labute approximate surface area is 301 Å². The molecular formula is C40H50ClN8O+. The number of allylic oxidation sites excluding steroid dienone is 8. The Kier molecular flexibility index (Phi) is 10.6. The molecule has 0 amide bonds. The van der Waals surface area contributed by atoms with Crippen LogP contribution in [0.25, 0.3) is 0 Å². The van der Waals surface area contributed by atoms with E-state index in [2.05, 4.69) is 130 Å². The van der Waals surface area contributed by atoms with Crippen molar-refractivity contribution in [3.8, 4) is 6.01 Å². The number of hydrogen-bond donors (Lipinski definition) is 1. The molecule has 3 aromatic rings. The summed E-state index contributed by atoms with van der Waals surface area (Å²) < 4.78 is 8.22. The van der Waals surface area contributed by atoms with Crippen LogP contribution in [-0.4, -0.2) is 71.0 Å². The number of fused-ring (bicyclic) bond motifs is 2. The van der Waals surface area contributed by atoms with Crippen molar-refractivity contribution >= 4 is 34.6 Å². The van der Waals surface area contributed by atoms with E-state index in [1.165, 1.54) is 45.1 Å². The third-order valence-electron chi connectivity index (χ3n) is 10.1. The molecule has 0 spiro atoms. The molecule has 0 bridgehead atoms. The lowest BCUT2D eigenvalue weighted by molar-refractivity contribution is -0.438. The molecule has 2 N–H and O–H groups in total. The second-order valence-corrected chi connectivity index (χ2v) is 14.8. The molecule has 10 heteroatoms. The Bertz CT molecular complexity index is 1870. The van der Waals surface area contributed by atoms with E-state index < -0.39 is 0 Å². The van der Waals surface area contributed by atoms with Crippen LogP contribution in [0.15, 0.2) is 94.7 Å². The summed E-state index contributed by atoms with van der Waals surface area (Å²) in [4.78, 5) is 4.19. The number of halogens is 1. The van der Waals surface area contributed by atoms with E-state index in [0.29, 0.717) is 19.1 Å². The average Bonchev–Trinajstić information content (AvgIpc) is 3.46. The largest absolute Gasteiger partial charge is 0.461 e. The van der Waals surface area contributed by atoms with Crippen molar-refractivity contribution in [1.29, 1.82) is 0 Å². The van der Waals surface area contributed by atoms with Crippen molar-refractivity contribution in [1.82, 2.24) is 20.4 Å². The van der Waals surface area contributed by atoms with Crippen LogP contribution in [-0.2, 0) is 10.8 Å². The van der Waals surface area contributed by atoms with Crippen molar-refractivity contribution in [2.24, 2.45) is 5.73 Å². The molecule has 0 fully saturated rings. The van der Waals surface area contributed by atoms with E-state index in [0.717, 1.165) is 50.2 Å². The Morgan fingerprint density at radius 2 is 1.62 bits per heavy atom. The molecule has 0 saturated heterocycles. The molecule has 3 heterocycles. The zero-order chi connectivity index (χ0) is 35.5. The van der Waals surface area contributed by atoms with Gasteiger partial charge in [-0.2, -0.15) is 4.58 Å². The van der Waals surface area contributed by atoms with Crippen LogP contribution >= 0.6 is 11.6 Å². The number of nitrogens with zero attached hydrogens (tertiary/aromatic N) is 7. The Balaban J connectivity index is 1.25. The van der Waals surface area contributed by atoms with E-state index in [1.807, 2.05) is 14.1 Å². The van der Waals surface area contributed by atoms with Gasteiger partial charge >= 0.3 is 6.01 Å². The highest BCUT2D eigenvalue weighted by Crippen LogP contribution is 2.48. The molecule has 6 rings (SSSR count). The number of aromatic nitrogens is 4. The van der Waals surface area contributed by atoms with Gasteiger partial charge in [-0.15, -0.1) is 10.2 Å². The highest BCUT2D eigenvalue weighted by molar-refractivity contribution is 6.32. The topological polar surface area (TPSA) is 96.3 Å². The maximum atomic E-state index is 7.22. The fraction of sp³-hybridized carbons (Fsp3) is 0.425. The van der Waals surface area contributed by atoms with Crippen LogP contribution in [0.5, 0.6) is 6.01 Å². The van der Waals surface area contributed by atoms with Gasteiger partial charge in [-0.3, -0.25) is 0 Å². The van der Waals surface area contributed by atoms with Gasteiger partial charge in [0.2, 0.25) is 5.69 Å². The number of nitrogens with two attached hydrogens (primary N) is 1. The molecule has 0 radical (unpaired) electrons. The van der Waals surface area contributed by atoms with Crippen molar-refractivity contribution in [3.05, 3.63) is 106 Å². The first kappa shape index (κ1) is 35.5. The molecule has 262 valence electrons. The summed E-state index contributed by atoms with van der Waals surface area (Å²) in [7, 11) is 3.69. The number of ether oxygens (including phenoxy) is 1. The van der Waals surface area contributed by atoms with Crippen LogP contribution in [0.3, 0.4) is 0 Å². The second-order valence-electron chi connectivity index (χ2n) is 14.5. The van der Waals surface area contributed by atoms with Gasteiger partial charge in [0.05, 0.1) is 12.0 Å². The maximum Gasteiger partial charge on any atom is 0.355 e. The van der Waals surface area contributed by atoms with Crippen molar-refractivity contribution in [2.45, 2.75) is 70.6 Å². The predicted octanol–water partition coefficient (Wildman–Crippen LogP) is 7.37. The van der Waals surface area contributed by atoms with Gasteiger partial charge in [0.15, 0.2) is 12.3 Å². The first-order valence-electron chi connectivity index (χ1n) is 17.7. The Morgan fingerprint density at radius 3 is 2.36 bits per heavy atom. The van der Waals surface area contributed by atoms with Crippen LogP contribution < -0.4 is 20.3 Å². The lowest BCUT2D eigenvalue weighted by atomic mass is 9.81. The first-order valence-corrected chi connectivity index (χ1v) is 18.1. The zero-order valence-electron chi connectivity index (χ0n) is 30.3. The molecule has 0 unspecified atom stereocenters. The van der Waals surface area contributed by atoms with Gasteiger partial charge in [0, 0.05) is 66.6 Å². The molecule has 50 heavy (non-hydrogen) atoms. The van der Waals surface area contributed by atoms with E-state index in [4.69, 9.17) is 22.1 Å². The third-order valence-corrected chi connectivity index (χ3v) is 10.6. The molecule has 0 atom stereocenters. The van der Waals surface area contributed by atoms with Crippen LogP contribution in [0, 0.1) is 0 Å². The summed E-state index contributed by atoms with van der Waals surface area (Å²) in [6, 6.07) is 17.6. The van der Waals surface area contributed by atoms with Crippen LogP contribution in [0.1, 0.15) is 70.9 Å². The summed E-state index contributed by atoms with van der Waals surface area (Å²) in [5, 5.41) is 17.1. The van der Waals surface area contributed by atoms with E-state index in [9.17, 15) is 0 Å². The van der Waals surface area contributed by atoms with Crippen molar-refractivity contribution < 1.29 is 9.31 Å². The molecule has 9 nitrogen and oxygen atoms in total. The smallest absolute Gasteiger partial charge is 0.355 e. The third kappa shape index (κ3) is 6.98. The minimum atomic E-state index is -0.173. The summed E-state index contributed by atoms with van der Waals surface area (Å²) in [6.07, 6.45) is 13.8. The fourth-order valence-electron chi connectivity index (χ4n) is 7.42.